The van der Waals surface area contributed by atoms with Crippen LogP contribution >= 0.6 is 0 Å². The van der Waals surface area contributed by atoms with Gasteiger partial charge in [0.05, 0.1) is 7.05 Å². The number of methoxy groups -OCH3 is 1. The zero-order valence-corrected chi connectivity index (χ0v) is 10.2. The van der Waals surface area contributed by atoms with Crippen LogP contribution in [-0.4, -0.2) is 27.9 Å². The summed E-state index contributed by atoms with van der Waals surface area (Å²) in [6.45, 7) is 3.81. The van der Waals surface area contributed by atoms with Gasteiger partial charge in [0.25, 0.3) is 0 Å². The van der Waals surface area contributed by atoms with Crippen molar-refractivity contribution in [3.05, 3.63) is 21.5 Å². The second-order valence-electron chi connectivity index (χ2n) is 4.02. The molecule has 0 saturated heterocycles. The van der Waals surface area contributed by atoms with Gasteiger partial charge < -0.3 is 14.9 Å². The highest BCUT2D eigenvalue weighted by atomic mass is 16.6. The van der Waals surface area contributed by atoms with Crippen molar-refractivity contribution >= 4 is 12.2 Å². The van der Waals surface area contributed by atoms with Crippen LogP contribution in [0.2, 0.25) is 0 Å². The molecule has 94 valence electrons. The maximum Gasteiger partial charge on any atom is 0.435 e. The van der Waals surface area contributed by atoms with Gasteiger partial charge in [-0.15, -0.1) is 0 Å². The van der Waals surface area contributed by atoms with Crippen LogP contribution in [0, 0.1) is 16.0 Å². The molecule has 0 fully saturated rings. The first-order valence-corrected chi connectivity index (χ1v) is 5.13. The third-order valence-electron chi connectivity index (χ3n) is 2.55. The van der Waals surface area contributed by atoms with Crippen molar-refractivity contribution < 1.29 is 14.5 Å². The van der Waals surface area contributed by atoms with Crippen molar-refractivity contribution in [1.82, 2.24) is 9.55 Å². The van der Waals surface area contributed by atoms with E-state index in [-0.39, 0.29) is 17.6 Å². The molecular weight excluding hydrogens is 226 g/mol. The number of imidazole rings is 1. The van der Waals surface area contributed by atoms with E-state index in [1.54, 1.807) is 0 Å². The van der Waals surface area contributed by atoms with Gasteiger partial charge in [-0.3, -0.25) is 4.79 Å². The standard InChI is InChI=1S/C10H15N3O4/c1-6(2)9(17-4)8-7(5-14)11-10(12(8)3)13(15)16/h5-6,9H,1-4H3. The summed E-state index contributed by atoms with van der Waals surface area (Å²) >= 11 is 0. The highest BCUT2D eigenvalue weighted by Crippen LogP contribution is 2.29. The van der Waals surface area contributed by atoms with E-state index >= 15 is 0 Å². The second kappa shape index (κ2) is 5.05. The normalized spacial score (nSPS) is 12.8. The van der Waals surface area contributed by atoms with Gasteiger partial charge in [0, 0.05) is 7.11 Å². The molecule has 0 aliphatic heterocycles. The molecule has 0 aliphatic rings. The van der Waals surface area contributed by atoms with E-state index in [1.807, 2.05) is 13.8 Å². The number of hydrogen-bond donors (Lipinski definition) is 0. The lowest BCUT2D eigenvalue weighted by Crippen LogP contribution is -2.15. The third-order valence-corrected chi connectivity index (χ3v) is 2.55. The number of aldehydes is 1. The summed E-state index contributed by atoms with van der Waals surface area (Å²) in [6, 6.07) is 0. The maximum absolute atomic E-state index is 10.9. The molecule has 1 aromatic rings. The molecule has 0 aromatic carbocycles. The highest BCUT2D eigenvalue weighted by molar-refractivity contribution is 5.74. The average Bonchev–Trinajstić information content (AvgIpc) is 2.57. The Kier molecular flexibility index (Phi) is 3.95. The molecule has 0 amide bonds. The number of nitrogens with zero attached hydrogens (tertiary/aromatic N) is 3. The van der Waals surface area contributed by atoms with Crippen molar-refractivity contribution in [2.24, 2.45) is 13.0 Å². The first-order chi connectivity index (χ1) is 7.93. The molecule has 1 heterocycles. The van der Waals surface area contributed by atoms with E-state index in [2.05, 4.69) is 4.98 Å². The van der Waals surface area contributed by atoms with Crippen LogP contribution in [0.25, 0.3) is 0 Å². The molecule has 0 spiro atoms. The van der Waals surface area contributed by atoms with Crippen molar-refractivity contribution in [3.8, 4) is 0 Å². The lowest BCUT2D eigenvalue weighted by Gasteiger charge is -2.17. The molecule has 0 aliphatic carbocycles. The Balaban J connectivity index is 3.39. The Morgan fingerprint density at radius 2 is 2.12 bits per heavy atom. The Bertz CT molecular complexity index is 439. The van der Waals surface area contributed by atoms with E-state index < -0.39 is 11.0 Å². The number of ether oxygens (including phenoxy) is 1. The Hall–Kier alpha value is -1.76. The molecule has 1 aromatic heterocycles. The molecule has 1 rings (SSSR count). The number of rotatable bonds is 5. The van der Waals surface area contributed by atoms with Crippen LogP contribution in [-0.2, 0) is 11.8 Å². The number of aromatic nitrogens is 2. The van der Waals surface area contributed by atoms with Crippen LogP contribution in [0.1, 0.15) is 36.1 Å². The lowest BCUT2D eigenvalue weighted by molar-refractivity contribution is -0.396. The van der Waals surface area contributed by atoms with Crippen LogP contribution in [0.3, 0.4) is 0 Å². The van der Waals surface area contributed by atoms with Gasteiger partial charge in [-0.25, -0.2) is 4.57 Å². The fraction of sp³-hybridized carbons (Fsp3) is 0.600. The summed E-state index contributed by atoms with van der Waals surface area (Å²) in [5, 5.41) is 10.7. The second-order valence-corrected chi connectivity index (χ2v) is 4.02. The smallest absolute Gasteiger partial charge is 0.390 e. The molecule has 0 bridgehead atoms. The number of carbonyl (C=O) groups excluding carboxylic acids is 1. The Morgan fingerprint density at radius 3 is 2.47 bits per heavy atom. The maximum atomic E-state index is 10.9. The van der Waals surface area contributed by atoms with Crippen LogP contribution < -0.4 is 0 Å². The Morgan fingerprint density at radius 1 is 1.53 bits per heavy atom. The monoisotopic (exact) mass is 241 g/mol. The average molecular weight is 241 g/mol. The summed E-state index contributed by atoms with van der Waals surface area (Å²) in [5.74, 6) is -0.279. The van der Waals surface area contributed by atoms with E-state index in [1.165, 1.54) is 18.7 Å². The molecule has 7 nitrogen and oxygen atoms in total. The summed E-state index contributed by atoms with van der Waals surface area (Å²) in [5.41, 5.74) is 0.490. The van der Waals surface area contributed by atoms with Crippen LogP contribution in [0.15, 0.2) is 0 Å². The summed E-state index contributed by atoms with van der Waals surface area (Å²) in [4.78, 5) is 24.7. The quantitative estimate of drug-likeness (QED) is 0.442. The van der Waals surface area contributed by atoms with E-state index in [0.29, 0.717) is 12.0 Å². The van der Waals surface area contributed by atoms with E-state index in [9.17, 15) is 14.9 Å². The molecule has 0 N–H and O–H groups in total. The summed E-state index contributed by atoms with van der Waals surface area (Å²) < 4.78 is 6.56. The van der Waals surface area contributed by atoms with Crippen molar-refractivity contribution in [1.29, 1.82) is 0 Å². The molecule has 7 heteroatoms. The number of nitro groups is 1. The van der Waals surface area contributed by atoms with Gasteiger partial charge in [0.2, 0.25) is 5.69 Å². The SMILES string of the molecule is COC(c1c(C=O)nc([N+](=O)[O-])n1C)C(C)C. The number of hydrogen-bond acceptors (Lipinski definition) is 5. The molecule has 0 radical (unpaired) electrons. The largest absolute Gasteiger partial charge is 0.435 e. The minimum atomic E-state index is -0.621. The fourth-order valence-corrected chi connectivity index (χ4v) is 1.81. The molecular formula is C10H15N3O4. The molecule has 1 unspecified atom stereocenters. The van der Waals surface area contributed by atoms with Gasteiger partial charge in [0.15, 0.2) is 12.0 Å². The van der Waals surface area contributed by atoms with Crippen molar-refractivity contribution in [3.63, 3.8) is 0 Å². The minimum absolute atomic E-state index is 0.0553. The van der Waals surface area contributed by atoms with E-state index in [4.69, 9.17) is 4.74 Å². The predicted octanol–water partition coefficient (Wildman–Crippen LogP) is 1.48. The van der Waals surface area contributed by atoms with Crippen LogP contribution in [0.4, 0.5) is 5.95 Å². The predicted molar refractivity (Wildman–Crippen MR) is 59.8 cm³/mol. The molecule has 1 atom stereocenters. The topological polar surface area (TPSA) is 87.3 Å². The zero-order chi connectivity index (χ0) is 13.2. The minimum Gasteiger partial charge on any atom is -0.390 e. The van der Waals surface area contributed by atoms with Gasteiger partial charge in [-0.1, -0.05) is 18.8 Å². The first-order valence-electron chi connectivity index (χ1n) is 5.13. The summed E-state index contributed by atoms with van der Waals surface area (Å²) in [6.07, 6.45) is 0.109. The van der Waals surface area contributed by atoms with Crippen LogP contribution in [0.5, 0.6) is 0 Å². The van der Waals surface area contributed by atoms with E-state index in [0.717, 1.165) is 0 Å². The van der Waals surface area contributed by atoms with Crippen molar-refractivity contribution in [2.45, 2.75) is 20.0 Å². The van der Waals surface area contributed by atoms with Gasteiger partial charge >= 0.3 is 5.95 Å². The summed E-state index contributed by atoms with van der Waals surface area (Å²) in [7, 11) is 3.00. The Labute approximate surface area is 98.6 Å². The fourth-order valence-electron chi connectivity index (χ4n) is 1.81. The first kappa shape index (κ1) is 13.3. The van der Waals surface area contributed by atoms with Gasteiger partial charge in [0.1, 0.15) is 6.10 Å². The zero-order valence-electron chi connectivity index (χ0n) is 10.2. The molecule has 17 heavy (non-hydrogen) atoms. The third kappa shape index (κ3) is 2.33. The van der Waals surface area contributed by atoms with Gasteiger partial charge in [-0.05, 0) is 10.8 Å². The highest BCUT2D eigenvalue weighted by Gasteiger charge is 2.32. The molecule has 0 saturated carbocycles. The van der Waals surface area contributed by atoms with Gasteiger partial charge in [-0.2, -0.15) is 0 Å². The lowest BCUT2D eigenvalue weighted by atomic mass is 10.0. The number of carbonyl (C=O) groups is 1. The van der Waals surface area contributed by atoms with Crippen molar-refractivity contribution in [2.75, 3.05) is 7.11 Å².